The number of ether oxygens (including phenoxy) is 1. The molecule has 76 valence electrons. The van der Waals surface area contributed by atoms with Crippen molar-refractivity contribution in [3.8, 4) is 0 Å². The van der Waals surface area contributed by atoms with Crippen LogP contribution in [-0.2, 0) is 17.6 Å². The summed E-state index contributed by atoms with van der Waals surface area (Å²) in [7, 11) is 1.45. The van der Waals surface area contributed by atoms with Crippen molar-refractivity contribution < 1.29 is 9.53 Å². The topological polar surface area (TPSA) is 26.3 Å². The van der Waals surface area contributed by atoms with Crippen molar-refractivity contribution >= 4 is 17.3 Å². The lowest BCUT2D eigenvalue weighted by Crippen LogP contribution is -2.08. The average Bonchev–Trinajstić information content (AvgIpc) is 2.53. The Hall–Kier alpha value is -0.830. The smallest absolute Gasteiger partial charge is 0.339 e. The van der Waals surface area contributed by atoms with Gasteiger partial charge in [0.1, 0.15) is 0 Å². The first-order chi connectivity index (χ1) is 6.74. The molecular weight excluding hydrogens is 196 g/mol. The van der Waals surface area contributed by atoms with E-state index in [1.807, 2.05) is 6.92 Å². The fraction of sp³-hybridized carbons (Fsp3) is 0.545. The van der Waals surface area contributed by atoms with Gasteiger partial charge in [-0.3, -0.25) is 0 Å². The molecule has 0 amide bonds. The number of hydrogen-bond donors (Lipinski definition) is 0. The van der Waals surface area contributed by atoms with Gasteiger partial charge in [0.05, 0.1) is 12.7 Å². The highest BCUT2D eigenvalue weighted by atomic mass is 32.1. The number of esters is 1. The van der Waals surface area contributed by atoms with Crippen LogP contribution in [0.3, 0.4) is 0 Å². The number of carbonyl (C=O) groups excluding carboxylic acids is 1. The summed E-state index contributed by atoms with van der Waals surface area (Å²) in [6, 6.07) is 0. The molecule has 0 saturated carbocycles. The first kappa shape index (κ1) is 9.71. The van der Waals surface area contributed by atoms with Crippen molar-refractivity contribution in [3.05, 3.63) is 20.9 Å². The monoisotopic (exact) mass is 210 g/mol. The molecule has 1 aliphatic carbocycles. The number of hydrogen-bond acceptors (Lipinski definition) is 3. The van der Waals surface area contributed by atoms with Crippen molar-refractivity contribution in [1.29, 1.82) is 0 Å². The van der Waals surface area contributed by atoms with Crippen LogP contribution in [0.25, 0.3) is 0 Å². The van der Waals surface area contributed by atoms with Crippen LogP contribution < -0.4 is 0 Å². The molecule has 0 bridgehead atoms. The van der Waals surface area contributed by atoms with Crippen LogP contribution in [-0.4, -0.2) is 13.1 Å². The normalized spacial score (nSPS) is 15.0. The molecule has 0 aliphatic heterocycles. The second-order valence-corrected chi connectivity index (χ2v) is 4.94. The molecular formula is C11H14O2S. The van der Waals surface area contributed by atoms with Crippen LogP contribution in [0.15, 0.2) is 0 Å². The van der Waals surface area contributed by atoms with Crippen molar-refractivity contribution in [2.24, 2.45) is 0 Å². The Kier molecular flexibility index (Phi) is 2.59. The van der Waals surface area contributed by atoms with E-state index in [1.54, 1.807) is 11.3 Å². The molecule has 0 atom stereocenters. The minimum absolute atomic E-state index is 0.165. The first-order valence-electron chi connectivity index (χ1n) is 4.93. The summed E-state index contributed by atoms with van der Waals surface area (Å²) in [6.45, 7) is 2.01. The summed E-state index contributed by atoms with van der Waals surface area (Å²) in [5.41, 5.74) is 2.10. The summed E-state index contributed by atoms with van der Waals surface area (Å²) in [6.07, 6.45) is 4.64. The zero-order valence-corrected chi connectivity index (χ0v) is 9.37. The predicted octanol–water partition coefficient (Wildman–Crippen LogP) is 2.72. The molecule has 0 N–H and O–H groups in total. The van der Waals surface area contributed by atoms with Gasteiger partial charge in [0.15, 0.2) is 0 Å². The maximum absolute atomic E-state index is 11.6. The van der Waals surface area contributed by atoms with Gasteiger partial charge in [-0.25, -0.2) is 4.79 Å². The van der Waals surface area contributed by atoms with Gasteiger partial charge in [-0.05, 0) is 38.2 Å². The Labute approximate surface area is 87.9 Å². The Morgan fingerprint density at radius 2 is 2.07 bits per heavy atom. The van der Waals surface area contributed by atoms with E-state index >= 15 is 0 Å². The average molecular weight is 210 g/mol. The lowest BCUT2D eigenvalue weighted by molar-refractivity contribution is 0.0599. The SMILES string of the molecule is COC(=O)c1c(C)sc2c1CCCC2. The molecule has 1 aromatic heterocycles. The summed E-state index contributed by atoms with van der Waals surface area (Å²) in [5, 5.41) is 0. The second kappa shape index (κ2) is 3.73. The standard InChI is InChI=1S/C11H14O2S/c1-7-10(11(12)13-2)8-5-3-4-6-9(8)14-7/h3-6H2,1-2H3. The molecule has 0 fully saturated rings. The highest BCUT2D eigenvalue weighted by molar-refractivity contribution is 7.12. The van der Waals surface area contributed by atoms with E-state index < -0.39 is 0 Å². The van der Waals surface area contributed by atoms with Crippen molar-refractivity contribution in [1.82, 2.24) is 0 Å². The molecule has 1 aromatic rings. The molecule has 0 unspecified atom stereocenters. The molecule has 1 heterocycles. The van der Waals surface area contributed by atoms with Crippen LogP contribution in [0.2, 0.25) is 0 Å². The number of fused-ring (bicyclic) bond motifs is 1. The summed E-state index contributed by atoms with van der Waals surface area (Å²) in [4.78, 5) is 14.1. The van der Waals surface area contributed by atoms with Crippen LogP contribution >= 0.6 is 11.3 Å². The van der Waals surface area contributed by atoms with Crippen molar-refractivity contribution in [3.63, 3.8) is 0 Å². The van der Waals surface area contributed by atoms with Crippen LogP contribution in [0.5, 0.6) is 0 Å². The van der Waals surface area contributed by atoms with E-state index in [-0.39, 0.29) is 5.97 Å². The van der Waals surface area contributed by atoms with Crippen LogP contribution in [0, 0.1) is 6.92 Å². The van der Waals surface area contributed by atoms with E-state index in [2.05, 4.69) is 0 Å². The summed E-state index contributed by atoms with van der Waals surface area (Å²) < 4.78 is 4.81. The fourth-order valence-electron chi connectivity index (χ4n) is 2.07. The molecule has 14 heavy (non-hydrogen) atoms. The zero-order chi connectivity index (χ0) is 10.1. The Balaban J connectivity index is 2.47. The molecule has 2 nitrogen and oxygen atoms in total. The largest absolute Gasteiger partial charge is 0.465 e. The number of aryl methyl sites for hydroxylation is 2. The third kappa shape index (κ3) is 1.46. The van der Waals surface area contributed by atoms with Gasteiger partial charge < -0.3 is 4.74 Å². The minimum atomic E-state index is -0.165. The third-order valence-corrected chi connectivity index (χ3v) is 3.94. The molecule has 0 aromatic carbocycles. The number of methoxy groups -OCH3 is 1. The molecule has 0 spiro atoms. The zero-order valence-electron chi connectivity index (χ0n) is 8.55. The quantitative estimate of drug-likeness (QED) is 0.666. The molecule has 1 aliphatic rings. The van der Waals surface area contributed by atoms with E-state index in [0.29, 0.717) is 0 Å². The van der Waals surface area contributed by atoms with Gasteiger partial charge in [-0.2, -0.15) is 0 Å². The summed E-state index contributed by atoms with van der Waals surface area (Å²) in [5.74, 6) is -0.165. The molecule has 0 saturated heterocycles. The molecule has 3 heteroatoms. The van der Waals surface area contributed by atoms with Gasteiger partial charge in [0, 0.05) is 9.75 Å². The molecule has 0 radical (unpaired) electrons. The maximum atomic E-state index is 11.6. The predicted molar refractivity (Wildman–Crippen MR) is 57.0 cm³/mol. The van der Waals surface area contributed by atoms with E-state index in [4.69, 9.17) is 4.74 Å². The minimum Gasteiger partial charge on any atom is -0.465 e. The number of rotatable bonds is 1. The van der Waals surface area contributed by atoms with Gasteiger partial charge in [0.25, 0.3) is 0 Å². The lowest BCUT2D eigenvalue weighted by atomic mass is 9.95. The Bertz CT molecular complexity index is 366. The number of thiophene rings is 1. The number of carbonyl (C=O) groups is 1. The van der Waals surface area contributed by atoms with E-state index in [1.165, 1.54) is 30.4 Å². The van der Waals surface area contributed by atoms with Crippen molar-refractivity contribution in [2.45, 2.75) is 32.6 Å². The first-order valence-corrected chi connectivity index (χ1v) is 5.75. The lowest BCUT2D eigenvalue weighted by Gasteiger charge is -2.11. The van der Waals surface area contributed by atoms with Crippen molar-refractivity contribution in [2.75, 3.05) is 7.11 Å². The summed E-state index contributed by atoms with van der Waals surface area (Å²) >= 11 is 1.76. The van der Waals surface area contributed by atoms with Crippen LogP contribution in [0.4, 0.5) is 0 Å². The molecule has 2 rings (SSSR count). The Morgan fingerprint density at radius 3 is 2.79 bits per heavy atom. The fourth-order valence-corrected chi connectivity index (χ4v) is 3.32. The van der Waals surface area contributed by atoms with Gasteiger partial charge in [-0.1, -0.05) is 0 Å². The second-order valence-electron chi connectivity index (χ2n) is 3.63. The van der Waals surface area contributed by atoms with Crippen LogP contribution in [0.1, 0.15) is 38.5 Å². The van der Waals surface area contributed by atoms with E-state index in [9.17, 15) is 4.79 Å². The van der Waals surface area contributed by atoms with Gasteiger partial charge in [-0.15, -0.1) is 11.3 Å². The maximum Gasteiger partial charge on any atom is 0.339 e. The van der Waals surface area contributed by atoms with Gasteiger partial charge in [0.2, 0.25) is 0 Å². The van der Waals surface area contributed by atoms with Gasteiger partial charge >= 0.3 is 5.97 Å². The highest BCUT2D eigenvalue weighted by Gasteiger charge is 2.23. The Morgan fingerprint density at radius 1 is 1.36 bits per heavy atom. The highest BCUT2D eigenvalue weighted by Crippen LogP contribution is 2.34. The van der Waals surface area contributed by atoms with E-state index in [0.717, 1.165) is 23.3 Å². The third-order valence-electron chi connectivity index (χ3n) is 2.74.